The lowest BCUT2D eigenvalue weighted by molar-refractivity contribution is 0.0857. The Labute approximate surface area is 209 Å². The van der Waals surface area contributed by atoms with E-state index in [0.717, 1.165) is 5.39 Å². The molecule has 8 heteroatoms. The van der Waals surface area contributed by atoms with Crippen molar-refractivity contribution >= 4 is 22.5 Å². The van der Waals surface area contributed by atoms with Gasteiger partial charge >= 0.3 is 0 Å². The molecule has 2 aromatic heterocycles. The van der Waals surface area contributed by atoms with Crippen LogP contribution in [0.15, 0.2) is 73.3 Å². The van der Waals surface area contributed by atoms with Crippen LogP contribution in [-0.2, 0) is 0 Å². The Kier molecular flexibility index (Phi) is 7.44. The van der Waals surface area contributed by atoms with E-state index in [1.807, 2.05) is 13.8 Å². The highest BCUT2D eigenvalue weighted by Crippen LogP contribution is 2.36. The standard InChI is InChI=1S/C28H27N3O5/c1-17(2)36-21-7-5-6-19(12-21)27(32)26(31-28(33)18-8-10-29-11-9-18)23-16-30-15-20-13-24(34-3)25(35-4)14-22(20)23/h5-17,26H,1-4H3,(H,31,33). The number of rotatable bonds is 9. The molecular formula is C28H27N3O5. The first kappa shape index (κ1) is 24.7. The summed E-state index contributed by atoms with van der Waals surface area (Å²) in [4.78, 5) is 35.4. The lowest BCUT2D eigenvalue weighted by Crippen LogP contribution is -2.34. The molecule has 184 valence electrons. The van der Waals surface area contributed by atoms with Gasteiger partial charge in [0.2, 0.25) is 0 Å². The van der Waals surface area contributed by atoms with Crippen molar-refractivity contribution in [1.29, 1.82) is 0 Å². The maximum absolute atomic E-state index is 13.9. The summed E-state index contributed by atoms with van der Waals surface area (Å²) >= 11 is 0. The van der Waals surface area contributed by atoms with E-state index >= 15 is 0 Å². The van der Waals surface area contributed by atoms with E-state index < -0.39 is 11.9 Å². The van der Waals surface area contributed by atoms with Gasteiger partial charge in [0.1, 0.15) is 11.8 Å². The van der Waals surface area contributed by atoms with Crippen LogP contribution in [-0.4, -0.2) is 42.0 Å². The van der Waals surface area contributed by atoms with E-state index in [4.69, 9.17) is 14.2 Å². The predicted octanol–water partition coefficient (Wildman–Crippen LogP) is 4.79. The topological polar surface area (TPSA) is 99.6 Å². The van der Waals surface area contributed by atoms with Gasteiger partial charge in [-0.3, -0.25) is 19.6 Å². The molecular weight excluding hydrogens is 458 g/mol. The molecule has 0 aliphatic rings. The molecule has 36 heavy (non-hydrogen) atoms. The second-order valence-corrected chi connectivity index (χ2v) is 8.36. The summed E-state index contributed by atoms with van der Waals surface area (Å²) in [6, 6.07) is 12.6. The number of hydrogen-bond donors (Lipinski definition) is 1. The minimum absolute atomic E-state index is 0.0535. The van der Waals surface area contributed by atoms with E-state index in [2.05, 4.69) is 15.3 Å². The van der Waals surface area contributed by atoms with Crippen molar-refractivity contribution in [3.63, 3.8) is 0 Å². The lowest BCUT2D eigenvalue weighted by atomic mass is 9.94. The van der Waals surface area contributed by atoms with Gasteiger partial charge in [0, 0.05) is 46.9 Å². The van der Waals surface area contributed by atoms with Gasteiger partial charge in [0.25, 0.3) is 5.91 Å². The number of ketones is 1. The minimum atomic E-state index is -1.03. The summed E-state index contributed by atoms with van der Waals surface area (Å²) in [6.45, 7) is 3.82. The average molecular weight is 486 g/mol. The summed E-state index contributed by atoms with van der Waals surface area (Å²) in [5.41, 5.74) is 1.30. The predicted molar refractivity (Wildman–Crippen MR) is 136 cm³/mol. The van der Waals surface area contributed by atoms with Crippen LogP contribution in [0.25, 0.3) is 10.8 Å². The van der Waals surface area contributed by atoms with E-state index in [1.165, 1.54) is 12.4 Å². The van der Waals surface area contributed by atoms with Crippen molar-refractivity contribution in [2.45, 2.75) is 26.0 Å². The van der Waals surface area contributed by atoms with Gasteiger partial charge in [0.15, 0.2) is 17.3 Å². The van der Waals surface area contributed by atoms with Gasteiger partial charge < -0.3 is 19.5 Å². The summed E-state index contributed by atoms with van der Waals surface area (Å²) in [5.74, 6) is 0.874. The fourth-order valence-electron chi connectivity index (χ4n) is 3.91. The summed E-state index contributed by atoms with van der Waals surface area (Å²) in [6.07, 6.45) is 6.24. The molecule has 4 aromatic rings. The fraction of sp³-hybridized carbons (Fsp3) is 0.214. The molecule has 0 radical (unpaired) electrons. The molecule has 8 nitrogen and oxygen atoms in total. The van der Waals surface area contributed by atoms with Gasteiger partial charge in [-0.1, -0.05) is 12.1 Å². The SMILES string of the molecule is COc1cc2cncc(C(NC(=O)c3ccncc3)C(=O)c3cccc(OC(C)C)c3)c2cc1OC. The summed E-state index contributed by atoms with van der Waals surface area (Å²) < 4.78 is 16.7. The molecule has 0 bridgehead atoms. The number of nitrogens with one attached hydrogen (secondary N) is 1. The number of pyridine rings is 2. The van der Waals surface area contributed by atoms with Gasteiger partial charge in [-0.15, -0.1) is 0 Å². The highest BCUT2D eigenvalue weighted by Gasteiger charge is 2.27. The van der Waals surface area contributed by atoms with Gasteiger partial charge in [-0.25, -0.2) is 0 Å². The van der Waals surface area contributed by atoms with E-state index in [0.29, 0.717) is 39.3 Å². The van der Waals surface area contributed by atoms with Gasteiger partial charge in [0.05, 0.1) is 20.3 Å². The number of hydrogen-bond acceptors (Lipinski definition) is 7. The summed E-state index contributed by atoms with van der Waals surface area (Å²) in [7, 11) is 3.09. The van der Waals surface area contributed by atoms with Gasteiger partial charge in [-0.05, 0) is 55.6 Å². The largest absolute Gasteiger partial charge is 0.493 e. The molecule has 2 aromatic carbocycles. The van der Waals surface area contributed by atoms with Crippen molar-refractivity contribution in [2.24, 2.45) is 0 Å². The van der Waals surface area contributed by atoms with Crippen LogP contribution in [0.5, 0.6) is 17.2 Å². The number of benzene rings is 2. The average Bonchev–Trinajstić information content (AvgIpc) is 2.90. The normalized spacial score (nSPS) is 11.7. The zero-order valence-electron chi connectivity index (χ0n) is 20.5. The Morgan fingerprint density at radius 2 is 1.58 bits per heavy atom. The van der Waals surface area contributed by atoms with Crippen LogP contribution >= 0.6 is 0 Å². The van der Waals surface area contributed by atoms with Crippen LogP contribution in [0.1, 0.15) is 46.2 Å². The lowest BCUT2D eigenvalue weighted by Gasteiger charge is -2.21. The Balaban J connectivity index is 1.83. The molecule has 0 aliphatic heterocycles. The quantitative estimate of drug-likeness (QED) is 0.340. The number of methoxy groups -OCH3 is 2. The third kappa shape index (κ3) is 5.27. The van der Waals surface area contributed by atoms with Crippen LogP contribution in [0.2, 0.25) is 0 Å². The van der Waals surface area contributed by atoms with Crippen LogP contribution < -0.4 is 19.5 Å². The number of carbonyl (C=O) groups is 2. The molecule has 1 unspecified atom stereocenters. The molecule has 1 amide bonds. The first-order valence-electron chi connectivity index (χ1n) is 11.4. The third-order valence-corrected chi connectivity index (χ3v) is 5.58. The number of amides is 1. The highest BCUT2D eigenvalue weighted by atomic mass is 16.5. The first-order chi connectivity index (χ1) is 17.4. The number of carbonyl (C=O) groups excluding carboxylic acids is 2. The van der Waals surface area contributed by atoms with Crippen LogP contribution in [0.3, 0.4) is 0 Å². The third-order valence-electron chi connectivity index (χ3n) is 5.58. The maximum Gasteiger partial charge on any atom is 0.252 e. The minimum Gasteiger partial charge on any atom is -0.493 e. The van der Waals surface area contributed by atoms with Crippen molar-refractivity contribution in [2.75, 3.05) is 14.2 Å². The zero-order valence-corrected chi connectivity index (χ0v) is 20.5. The zero-order chi connectivity index (χ0) is 25.7. The second-order valence-electron chi connectivity index (χ2n) is 8.36. The molecule has 4 rings (SSSR count). The molecule has 0 saturated carbocycles. The Hall–Kier alpha value is -4.46. The molecule has 0 aliphatic carbocycles. The van der Waals surface area contributed by atoms with Crippen molar-refractivity contribution in [3.8, 4) is 17.2 Å². The molecule has 0 spiro atoms. The highest BCUT2D eigenvalue weighted by molar-refractivity contribution is 6.07. The Morgan fingerprint density at radius 1 is 0.861 bits per heavy atom. The molecule has 1 atom stereocenters. The van der Waals surface area contributed by atoms with Crippen molar-refractivity contribution in [3.05, 3.63) is 90.0 Å². The van der Waals surface area contributed by atoms with Crippen molar-refractivity contribution < 1.29 is 23.8 Å². The Morgan fingerprint density at radius 3 is 2.28 bits per heavy atom. The maximum atomic E-state index is 13.9. The second kappa shape index (κ2) is 10.9. The number of fused-ring (bicyclic) bond motifs is 1. The van der Waals surface area contributed by atoms with Gasteiger partial charge in [-0.2, -0.15) is 0 Å². The summed E-state index contributed by atoms with van der Waals surface area (Å²) in [5, 5.41) is 4.33. The number of nitrogens with zero attached hydrogens (tertiary/aromatic N) is 2. The number of Topliss-reactive ketones (excluding diaryl/α,β-unsaturated/α-hetero) is 1. The van der Waals surface area contributed by atoms with E-state index in [9.17, 15) is 9.59 Å². The molecule has 0 fully saturated rings. The fourth-order valence-corrected chi connectivity index (χ4v) is 3.91. The molecule has 1 N–H and O–H groups in total. The van der Waals surface area contributed by atoms with E-state index in [-0.39, 0.29) is 11.9 Å². The first-order valence-corrected chi connectivity index (χ1v) is 11.4. The Bertz CT molecular complexity index is 1390. The smallest absolute Gasteiger partial charge is 0.252 e. The van der Waals surface area contributed by atoms with Crippen molar-refractivity contribution in [1.82, 2.24) is 15.3 Å². The molecule has 0 saturated heterocycles. The molecule has 2 heterocycles. The van der Waals surface area contributed by atoms with E-state index in [1.54, 1.807) is 75.1 Å². The number of aromatic nitrogens is 2. The monoisotopic (exact) mass is 485 g/mol. The van der Waals surface area contributed by atoms with Crippen LogP contribution in [0.4, 0.5) is 0 Å². The van der Waals surface area contributed by atoms with Crippen LogP contribution in [0, 0.1) is 0 Å². The number of ether oxygens (including phenoxy) is 3.